The minimum Gasteiger partial charge on any atom is -0.508 e. The third kappa shape index (κ3) is 4.86. The molecule has 2 heterocycles. The number of nitrogens with zero attached hydrogens (tertiary/aromatic N) is 2. The summed E-state index contributed by atoms with van der Waals surface area (Å²) in [5.41, 5.74) is 2.96. The fourth-order valence-corrected chi connectivity index (χ4v) is 9.38. The zero-order valence-corrected chi connectivity index (χ0v) is 29.8. The van der Waals surface area contributed by atoms with E-state index in [1.165, 1.54) is 18.0 Å². The highest BCUT2D eigenvalue weighted by atomic mass is 79.9. The quantitative estimate of drug-likeness (QED) is 0.131. The van der Waals surface area contributed by atoms with Gasteiger partial charge in [0, 0.05) is 28.6 Å². The van der Waals surface area contributed by atoms with E-state index in [9.17, 15) is 24.3 Å². The van der Waals surface area contributed by atoms with Gasteiger partial charge in [0.2, 0.25) is 11.8 Å². The summed E-state index contributed by atoms with van der Waals surface area (Å²) < 4.78 is 11.4. The monoisotopic (exact) mass is 764 g/mol. The molecule has 2 aliphatic heterocycles. The summed E-state index contributed by atoms with van der Waals surface area (Å²) >= 11 is 17.9. The first-order chi connectivity index (χ1) is 23.3. The highest BCUT2D eigenvalue weighted by Gasteiger charge is 2.76. The van der Waals surface area contributed by atoms with Gasteiger partial charge >= 0.3 is 0 Å². The second kappa shape index (κ2) is 12.0. The molecule has 4 amide bonds. The summed E-state index contributed by atoms with van der Waals surface area (Å²) in [6.45, 7) is 0. The normalized spacial score (nSPS) is 29.2. The van der Waals surface area contributed by atoms with Gasteiger partial charge in [-0.05, 0) is 72.9 Å². The van der Waals surface area contributed by atoms with Crippen LogP contribution in [0.4, 0.5) is 5.69 Å². The molecule has 49 heavy (non-hydrogen) atoms. The first kappa shape index (κ1) is 33.4. The Labute approximate surface area is 301 Å². The first-order valence-electron chi connectivity index (χ1n) is 15.6. The summed E-state index contributed by atoms with van der Waals surface area (Å²) in [4.78, 5) is 53.9. The third-order valence-corrected chi connectivity index (χ3v) is 12.3. The van der Waals surface area contributed by atoms with Crippen molar-refractivity contribution in [2.24, 2.45) is 17.8 Å². The van der Waals surface area contributed by atoms with Crippen LogP contribution in [0.5, 0.6) is 17.2 Å². The number of halogens is 3. The van der Waals surface area contributed by atoms with Crippen LogP contribution >= 0.6 is 39.1 Å². The lowest BCUT2D eigenvalue weighted by molar-refractivity contribution is -0.138. The standard InChI is InChI=1S/C37H31BrCl2N2O7/c1-41-34(46)36(39)18-27-24(31(37(36,40)35(41)47)26-17-21(38)8-14-28(26)43)12-13-25-30(27)33(45)42(32(25)44)22-9-5-19(6-10-22)4-7-20-16-23(48-2)11-15-29(20)49-3/h4-12,14-17,25,27,30-31,43H,13,18H2,1-3H3. The van der Waals surface area contributed by atoms with Crippen LogP contribution in [0.1, 0.15) is 35.4 Å². The van der Waals surface area contributed by atoms with E-state index in [1.54, 1.807) is 38.5 Å². The summed E-state index contributed by atoms with van der Waals surface area (Å²) in [6, 6.07) is 17.3. The van der Waals surface area contributed by atoms with Crippen LogP contribution < -0.4 is 14.4 Å². The molecule has 3 aromatic carbocycles. The van der Waals surface area contributed by atoms with E-state index >= 15 is 0 Å². The molecule has 9 nitrogen and oxygen atoms in total. The molecule has 0 aromatic heterocycles. The Bertz CT molecular complexity index is 2000. The maximum Gasteiger partial charge on any atom is 0.253 e. The average Bonchev–Trinajstić information content (AvgIpc) is 3.43. The number of amides is 4. The summed E-state index contributed by atoms with van der Waals surface area (Å²) in [6.07, 6.45) is 5.70. The van der Waals surface area contributed by atoms with Crippen LogP contribution in [0, 0.1) is 17.8 Å². The molecule has 7 rings (SSSR count). The van der Waals surface area contributed by atoms with Gasteiger partial charge in [0.1, 0.15) is 17.2 Å². The van der Waals surface area contributed by atoms with Crippen molar-refractivity contribution in [3.63, 3.8) is 0 Å². The van der Waals surface area contributed by atoms with E-state index in [1.807, 2.05) is 48.6 Å². The topological polar surface area (TPSA) is 113 Å². The fraction of sp³-hybridized carbons (Fsp3) is 0.297. The molecule has 1 saturated carbocycles. The van der Waals surface area contributed by atoms with E-state index in [2.05, 4.69) is 15.9 Å². The third-order valence-electron chi connectivity index (χ3n) is 10.4. The Morgan fingerprint density at radius 1 is 0.898 bits per heavy atom. The highest BCUT2D eigenvalue weighted by molar-refractivity contribution is 9.10. The molecule has 0 bridgehead atoms. The number of carbonyl (C=O) groups is 4. The van der Waals surface area contributed by atoms with E-state index in [0.717, 1.165) is 16.0 Å². The summed E-state index contributed by atoms with van der Waals surface area (Å²) in [5.74, 6) is -4.21. The number of hydrogen-bond donors (Lipinski definition) is 1. The SMILES string of the molecule is COc1ccc(OC)c(C=Cc2ccc(N3C(=O)C4CC=C5C(CC6(Cl)C(=O)N(C)C(=O)C6(Cl)C5c5cc(Br)ccc5O)C4C3=O)cc2)c1. The Hall–Kier alpha value is -4.12. The number of fused-ring (bicyclic) bond motifs is 4. The molecule has 6 atom stereocenters. The van der Waals surface area contributed by atoms with Crippen molar-refractivity contribution in [3.05, 3.63) is 93.5 Å². The predicted molar refractivity (Wildman–Crippen MR) is 189 cm³/mol. The number of ether oxygens (including phenoxy) is 2. The van der Waals surface area contributed by atoms with E-state index in [0.29, 0.717) is 32.8 Å². The number of benzene rings is 3. The van der Waals surface area contributed by atoms with Crippen molar-refractivity contribution >= 4 is 80.6 Å². The number of carbonyl (C=O) groups excluding carboxylic acids is 4. The molecule has 0 spiro atoms. The van der Waals surface area contributed by atoms with Gasteiger partial charge in [-0.1, -0.05) is 51.9 Å². The van der Waals surface area contributed by atoms with Crippen molar-refractivity contribution in [2.75, 3.05) is 26.2 Å². The number of rotatable bonds is 6. The van der Waals surface area contributed by atoms with Gasteiger partial charge < -0.3 is 14.6 Å². The summed E-state index contributed by atoms with van der Waals surface area (Å²) in [5, 5.41) is 11.1. The maximum absolute atomic E-state index is 14.3. The largest absolute Gasteiger partial charge is 0.508 e. The van der Waals surface area contributed by atoms with Crippen molar-refractivity contribution in [1.82, 2.24) is 4.90 Å². The zero-order chi connectivity index (χ0) is 35.0. The van der Waals surface area contributed by atoms with Crippen LogP contribution in [0.15, 0.2) is 76.8 Å². The van der Waals surface area contributed by atoms with Gasteiger partial charge in [-0.15, -0.1) is 23.2 Å². The molecule has 3 fully saturated rings. The van der Waals surface area contributed by atoms with E-state index in [-0.39, 0.29) is 24.5 Å². The lowest BCUT2D eigenvalue weighted by Crippen LogP contribution is -2.60. The van der Waals surface area contributed by atoms with E-state index < -0.39 is 51.1 Å². The fourth-order valence-electron chi connectivity index (χ4n) is 7.99. The first-order valence-corrected chi connectivity index (χ1v) is 17.2. The van der Waals surface area contributed by atoms with E-state index in [4.69, 9.17) is 32.7 Å². The maximum atomic E-state index is 14.3. The van der Waals surface area contributed by atoms with Crippen molar-refractivity contribution < 1.29 is 33.8 Å². The number of hydrogen-bond acceptors (Lipinski definition) is 7. The number of alkyl halides is 2. The second-order valence-corrected chi connectivity index (χ2v) is 14.9. The van der Waals surface area contributed by atoms with Gasteiger partial charge in [-0.25, -0.2) is 0 Å². The molecule has 2 saturated heterocycles. The average molecular weight is 766 g/mol. The number of likely N-dealkylation sites (tertiary alicyclic amines) is 1. The van der Waals surface area contributed by atoms with Crippen LogP contribution in [-0.4, -0.2) is 64.7 Å². The van der Waals surface area contributed by atoms with Gasteiger partial charge in [0.15, 0.2) is 9.75 Å². The highest BCUT2D eigenvalue weighted by Crippen LogP contribution is 2.66. The number of phenols is 1. The molecule has 6 unspecified atom stereocenters. The van der Waals surface area contributed by atoms with Gasteiger partial charge in [-0.3, -0.25) is 29.0 Å². The Morgan fingerprint density at radius 2 is 1.63 bits per heavy atom. The van der Waals surface area contributed by atoms with Crippen LogP contribution in [0.25, 0.3) is 12.2 Å². The Kier molecular flexibility index (Phi) is 8.20. The lowest BCUT2D eigenvalue weighted by atomic mass is 9.56. The molecule has 3 aromatic rings. The number of aromatic hydroxyl groups is 1. The van der Waals surface area contributed by atoms with Crippen LogP contribution in [-0.2, 0) is 19.2 Å². The molecular weight excluding hydrogens is 735 g/mol. The zero-order valence-electron chi connectivity index (χ0n) is 26.7. The molecule has 0 radical (unpaired) electrons. The van der Waals surface area contributed by atoms with Crippen molar-refractivity contribution in [2.45, 2.75) is 28.5 Å². The molecule has 252 valence electrons. The minimum absolute atomic E-state index is 0.129. The number of allylic oxidation sites excluding steroid dienone is 2. The van der Waals surface area contributed by atoms with Crippen LogP contribution in [0.2, 0.25) is 0 Å². The van der Waals surface area contributed by atoms with Gasteiger partial charge in [0.05, 0.1) is 31.7 Å². The number of anilines is 1. The van der Waals surface area contributed by atoms with Crippen molar-refractivity contribution in [3.8, 4) is 17.2 Å². The molecule has 4 aliphatic rings. The smallest absolute Gasteiger partial charge is 0.253 e. The van der Waals surface area contributed by atoms with Gasteiger partial charge in [-0.2, -0.15) is 0 Å². The lowest BCUT2D eigenvalue weighted by Gasteiger charge is -2.50. The molecular formula is C37H31BrCl2N2O7. The Morgan fingerprint density at radius 3 is 2.33 bits per heavy atom. The molecule has 1 N–H and O–H groups in total. The number of phenolic OH excluding ortho intramolecular Hbond substituents is 1. The number of imide groups is 2. The van der Waals surface area contributed by atoms with Crippen molar-refractivity contribution in [1.29, 1.82) is 0 Å². The number of methoxy groups -OCH3 is 2. The van der Waals surface area contributed by atoms with Crippen LogP contribution in [0.3, 0.4) is 0 Å². The predicted octanol–water partition coefficient (Wildman–Crippen LogP) is 6.54. The molecule has 12 heteroatoms. The second-order valence-electron chi connectivity index (χ2n) is 12.7. The van der Waals surface area contributed by atoms with Gasteiger partial charge in [0.25, 0.3) is 11.8 Å². The minimum atomic E-state index is -1.97. The Balaban J connectivity index is 1.23. The summed E-state index contributed by atoms with van der Waals surface area (Å²) in [7, 11) is 4.51. The molecule has 2 aliphatic carbocycles.